The Bertz CT molecular complexity index is 979. The number of amides is 1. The van der Waals surface area contributed by atoms with Gasteiger partial charge in [0.05, 0.1) is 158 Å². The largest absolute Gasteiger partial charge is 0.491 e. The number of carboxylic acids is 1. The van der Waals surface area contributed by atoms with E-state index in [1.807, 2.05) is 12.1 Å². The van der Waals surface area contributed by atoms with Crippen LogP contribution in [-0.2, 0) is 66.4 Å². The van der Waals surface area contributed by atoms with Gasteiger partial charge >= 0.3 is 5.97 Å². The van der Waals surface area contributed by atoms with Crippen LogP contribution in [0.15, 0.2) is 24.3 Å². The number of carbonyl (C=O) groups excluding carboxylic acids is 1. The fourth-order valence-corrected chi connectivity index (χ4v) is 4.01. The summed E-state index contributed by atoms with van der Waals surface area (Å²) in [5.41, 5.74) is 6.35. The van der Waals surface area contributed by atoms with Gasteiger partial charge in [0.2, 0.25) is 5.91 Å². The van der Waals surface area contributed by atoms with Crippen molar-refractivity contribution < 1.29 is 76.3 Å². The maximum absolute atomic E-state index is 11.4. The number of aliphatic carboxylic acids is 1. The molecule has 0 fully saturated rings. The van der Waals surface area contributed by atoms with E-state index in [0.717, 1.165) is 5.75 Å². The monoisotopic (exact) mass is 794 g/mol. The molecule has 18 heteroatoms. The van der Waals surface area contributed by atoms with Gasteiger partial charge in [-0.15, -0.1) is 0 Å². The molecule has 18 nitrogen and oxygen atoms in total. The van der Waals surface area contributed by atoms with Gasteiger partial charge in [0, 0.05) is 25.3 Å². The predicted octanol–water partition coefficient (Wildman–Crippen LogP) is 1.22. The normalized spacial score (nSPS) is 11.3. The summed E-state index contributed by atoms with van der Waals surface area (Å²) in [6.07, 6.45) is 0.468. The number of anilines is 1. The first-order chi connectivity index (χ1) is 27.1. The van der Waals surface area contributed by atoms with Gasteiger partial charge in [-0.2, -0.15) is 0 Å². The maximum atomic E-state index is 11.4. The third-order valence-corrected chi connectivity index (χ3v) is 6.82. The van der Waals surface area contributed by atoms with E-state index < -0.39 is 5.97 Å². The van der Waals surface area contributed by atoms with E-state index in [9.17, 15) is 9.59 Å². The topological polar surface area (TPSA) is 212 Å². The summed E-state index contributed by atoms with van der Waals surface area (Å²) >= 11 is 0. The highest BCUT2D eigenvalue weighted by Crippen LogP contribution is 2.12. The quantitative estimate of drug-likeness (QED) is 0.0626. The van der Waals surface area contributed by atoms with Crippen molar-refractivity contribution >= 4 is 17.6 Å². The Kier molecular flexibility index (Phi) is 37.4. The molecule has 55 heavy (non-hydrogen) atoms. The fourth-order valence-electron chi connectivity index (χ4n) is 4.01. The van der Waals surface area contributed by atoms with E-state index in [2.05, 4.69) is 5.32 Å². The van der Waals surface area contributed by atoms with Gasteiger partial charge in [0.25, 0.3) is 0 Å². The van der Waals surface area contributed by atoms with Crippen LogP contribution in [0.4, 0.5) is 5.69 Å². The molecule has 0 aliphatic rings. The Balaban J connectivity index is 1.62. The van der Waals surface area contributed by atoms with Crippen molar-refractivity contribution in [2.24, 2.45) is 0 Å². The molecule has 0 radical (unpaired) electrons. The molecule has 0 unspecified atom stereocenters. The van der Waals surface area contributed by atoms with Crippen LogP contribution in [-0.4, -0.2) is 189 Å². The van der Waals surface area contributed by atoms with Crippen molar-refractivity contribution in [2.75, 3.05) is 177 Å². The maximum Gasteiger partial charge on any atom is 0.303 e. The highest BCUT2D eigenvalue weighted by Gasteiger charge is 2.04. The molecule has 1 aromatic carbocycles. The fraction of sp³-hybridized carbons (Fsp3) is 0.784. The van der Waals surface area contributed by atoms with Gasteiger partial charge in [-0.05, 0) is 30.7 Å². The summed E-state index contributed by atoms with van der Waals surface area (Å²) in [7, 11) is 0. The number of hydrogen-bond donors (Lipinski definition) is 3. The van der Waals surface area contributed by atoms with E-state index in [1.165, 1.54) is 0 Å². The molecule has 0 aliphatic heterocycles. The SMILES string of the molecule is Nc1ccc(OCCOCCOCCOCCOCCOCCOCCOCCOCCOCCOCCOCCOCCCNC(=O)CCC(=O)O)cc1. The summed E-state index contributed by atoms with van der Waals surface area (Å²) in [5, 5.41) is 11.2. The van der Waals surface area contributed by atoms with Gasteiger partial charge < -0.3 is 77.7 Å². The molecular formula is C37H66N2O16. The Labute approximate surface area is 325 Å². The average molecular weight is 795 g/mol. The van der Waals surface area contributed by atoms with Crippen molar-refractivity contribution in [3.63, 3.8) is 0 Å². The lowest BCUT2D eigenvalue weighted by Crippen LogP contribution is -2.25. The molecular weight excluding hydrogens is 728 g/mol. The second-order valence-electron chi connectivity index (χ2n) is 11.4. The minimum Gasteiger partial charge on any atom is -0.491 e. The van der Waals surface area contributed by atoms with Crippen LogP contribution in [0.25, 0.3) is 0 Å². The Hall–Kier alpha value is -2.72. The summed E-state index contributed by atoms with van der Waals surface area (Å²) in [4.78, 5) is 21.8. The number of benzene rings is 1. The van der Waals surface area contributed by atoms with Crippen LogP contribution in [0.1, 0.15) is 19.3 Å². The molecule has 4 N–H and O–H groups in total. The van der Waals surface area contributed by atoms with Gasteiger partial charge in [-0.25, -0.2) is 0 Å². The predicted molar refractivity (Wildman–Crippen MR) is 201 cm³/mol. The number of hydrogen-bond acceptors (Lipinski definition) is 16. The summed E-state index contributed by atoms with van der Waals surface area (Å²) in [6, 6.07) is 7.24. The van der Waals surface area contributed by atoms with Crippen molar-refractivity contribution in [3.8, 4) is 5.75 Å². The van der Waals surface area contributed by atoms with Crippen molar-refractivity contribution in [2.45, 2.75) is 19.3 Å². The van der Waals surface area contributed by atoms with Gasteiger partial charge in [0.15, 0.2) is 0 Å². The molecule has 0 saturated heterocycles. The zero-order valence-corrected chi connectivity index (χ0v) is 32.5. The van der Waals surface area contributed by atoms with Crippen LogP contribution in [0.3, 0.4) is 0 Å². The van der Waals surface area contributed by atoms with E-state index in [1.54, 1.807) is 12.1 Å². The molecule has 320 valence electrons. The first-order valence-corrected chi connectivity index (χ1v) is 19.0. The Morgan fingerprint density at radius 1 is 0.436 bits per heavy atom. The van der Waals surface area contributed by atoms with E-state index in [-0.39, 0.29) is 18.7 Å². The number of rotatable bonds is 44. The van der Waals surface area contributed by atoms with Crippen LogP contribution in [0, 0.1) is 0 Å². The molecule has 1 rings (SSSR count). The van der Waals surface area contributed by atoms with Crippen LogP contribution < -0.4 is 15.8 Å². The van der Waals surface area contributed by atoms with Gasteiger partial charge in [-0.3, -0.25) is 9.59 Å². The lowest BCUT2D eigenvalue weighted by Gasteiger charge is -2.09. The summed E-state index contributed by atoms with van der Waals surface area (Å²) in [6.45, 7) is 12.4. The minimum absolute atomic E-state index is 0.0131. The number of nitrogen functional groups attached to an aromatic ring is 1. The van der Waals surface area contributed by atoms with Gasteiger partial charge in [-0.1, -0.05) is 0 Å². The molecule has 0 aromatic heterocycles. The zero-order valence-electron chi connectivity index (χ0n) is 32.5. The number of nitrogens with two attached hydrogens (primary N) is 1. The number of carboxylic acid groups (broad SMARTS) is 1. The Morgan fingerprint density at radius 2 is 0.727 bits per heavy atom. The average Bonchev–Trinajstić information content (AvgIpc) is 3.18. The third kappa shape index (κ3) is 39.3. The molecule has 0 spiro atoms. The summed E-state index contributed by atoms with van der Waals surface area (Å²) < 4.78 is 71.2. The van der Waals surface area contributed by atoms with Gasteiger partial charge in [0.1, 0.15) is 12.4 Å². The molecule has 0 aliphatic carbocycles. The molecule has 0 atom stereocenters. The second-order valence-corrected chi connectivity index (χ2v) is 11.4. The van der Waals surface area contributed by atoms with Crippen LogP contribution in [0.2, 0.25) is 0 Å². The Morgan fingerprint density at radius 3 is 1.04 bits per heavy atom. The second kappa shape index (κ2) is 40.9. The molecule has 0 bridgehead atoms. The number of ether oxygens (including phenoxy) is 13. The molecule has 0 heterocycles. The van der Waals surface area contributed by atoms with Crippen molar-refractivity contribution in [1.82, 2.24) is 5.32 Å². The van der Waals surface area contributed by atoms with E-state index in [0.29, 0.717) is 184 Å². The van der Waals surface area contributed by atoms with E-state index in [4.69, 9.17) is 72.4 Å². The molecule has 1 amide bonds. The number of carbonyl (C=O) groups is 2. The van der Waals surface area contributed by atoms with Crippen LogP contribution in [0.5, 0.6) is 5.75 Å². The molecule has 1 aromatic rings. The molecule has 0 saturated carbocycles. The highest BCUT2D eigenvalue weighted by atomic mass is 16.6. The zero-order chi connectivity index (χ0) is 39.5. The first kappa shape index (κ1) is 50.3. The standard InChI is InChI=1S/C37H66N2O16/c38-34-2-4-35(5-3-34)55-33-32-54-31-30-53-29-28-52-27-26-51-25-24-50-23-22-49-21-20-48-19-18-47-17-16-46-15-14-45-13-12-44-11-10-43-9-1-8-39-36(40)6-7-37(41)42/h2-5H,1,6-33,38H2,(H,39,40)(H,41,42). The number of nitrogens with one attached hydrogen (secondary N) is 1. The first-order valence-electron chi connectivity index (χ1n) is 19.0. The highest BCUT2D eigenvalue weighted by molar-refractivity contribution is 5.80. The van der Waals surface area contributed by atoms with E-state index >= 15 is 0 Å². The lowest BCUT2D eigenvalue weighted by atomic mass is 10.3. The smallest absolute Gasteiger partial charge is 0.303 e. The summed E-state index contributed by atoms with van der Waals surface area (Å²) in [5.74, 6) is -0.490. The third-order valence-electron chi connectivity index (χ3n) is 6.82. The van der Waals surface area contributed by atoms with Crippen molar-refractivity contribution in [3.05, 3.63) is 24.3 Å². The lowest BCUT2D eigenvalue weighted by molar-refractivity contribution is -0.138. The minimum atomic E-state index is -0.985. The van der Waals surface area contributed by atoms with Crippen molar-refractivity contribution in [1.29, 1.82) is 0 Å². The van der Waals surface area contributed by atoms with Crippen LogP contribution >= 0.6 is 0 Å².